The number of nitrogens with zero attached hydrogens (tertiary/aromatic N) is 4. The molecule has 7 nitrogen and oxygen atoms in total. The number of likely N-dealkylation sites (N-methyl/N-ethyl adjacent to an activating group) is 1. The number of fused-ring (bicyclic) bond motifs is 1. The molecule has 1 heterocycles. The lowest BCUT2D eigenvalue weighted by Gasteiger charge is -2.24. The molecule has 0 fully saturated rings. The standard InChI is InChI=1S/C23H26N4O3S.ClH/c1-5-26(6-2)13-14-27(22(28)17-9-7-16(15-24)8-10-17)23-25-20-18(29-3)11-12-19(30-4)21(20)31-23;/h7-12H,5-6,13-14H2,1-4H3;1H. The van der Waals surface area contributed by atoms with Crippen molar-refractivity contribution in [2.24, 2.45) is 0 Å². The SMILES string of the molecule is CCN(CC)CCN(C(=O)c1ccc(C#N)cc1)c1nc2c(OC)ccc(OC)c2s1.Cl. The third-order valence-corrected chi connectivity index (χ3v) is 6.26. The first-order chi connectivity index (χ1) is 15.1. The van der Waals surface area contributed by atoms with Crippen molar-refractivity contribution in [3.8, 4) is 17.6 Å². The fraction of sp³-hybridized carbons (Fsp3) is 0.348. The Morgan fingerprint density at radius 1 is 1.03 bits per heavy atom. The lowest BCUT2D eigenvalue weighted by molar-refractivity contribution is 0.0983. The van der Waals surface area contributed by atoms with Crippen LogP contribution >= 0.6 is 23.7 Å². The van der Waals surface area contributed by atoms with Crippen LogP contribution in [0.25, 0.3) is 10.2 Å². The van der Waals surface area contributed by atoms with E-state index in [0.29, 0.717) is 39.8 Å². The number of hydrogen-bond acceptors (Lipinski definition) is 7. The van der Waals surface area contributed by atoms with Crippen molar-refractivity contribution in [1.29, 1.82) is 5.26 Å². The average molecular weight is 475 g/mol. The maximum absolute atomic E-state index is 13.4. The minimum atomic E-state index is -0.159. The summed E-state index contributed by atoms with van der Waals surface area (Å²) in [6.07, 6.45) is 0. The number of amides is 1. The van der Waals surface area contributed by atoms with E-state index in [1.54, 1.807) is 43.4 Å². The summed E-state index contributed by atoms with van der Waals surface area (Å²) in [5.41, 5.74) is 1.69. The molecular formula is C23H27ClN4O3S. The van der Waals surface area contributed by atoms with E-state index in [-0.39, 0.29) is 18.3 Å². The van der Waals surface area contributed by atoms with Crippen LogP contribution in [0.4, 0.5) is 5.13 Å². The maximum atomic E-state index is 13.4. The molecule has 1 amide bonds. The fourth-order valence-corrected chi connectivity index (χ4v) is 4.40. The predicted octanol–water partition coefficient (Wildman–Crippen LogP) is 4.60. The number of hydrogen-bond donors (Lipinski definition) is 0. The van der Waals surface area contributed by atoms with Gasteiger partial charge in [-0.25, -0.2) is 4.98 Å². The van der Waals surface area contributed by atoms with Crippen molar-refractivity contribution in [1.82, 2.24) is 9.88 Å². The molecule has 3 rings (SSSR count). The monoisotopic (exact) mass is 474 g/mol. The third-order valence-electron chi connectivity index (χ3n) is 5.17. The van der Waals surface area contributed by atoms with Crippen LogP contribution in [0.5, 0.6) is 11.5 Å². The van der Waals surface area contributed by atoms with E-state index in [1.165, 1.54) is 11.3 Å². The summed E-state index contributed by atoms with van der Waals surface area (Å²) in [6, 6.07) is 12.4. The number of benzene rings is 2. The Morgan fingerprint density at radius 3 is 2.22 bits per heavy atom. The second kappa shape index (κ2) is 11.7. The van der Waals surface area contributed by atoms with Gasteiger partial charge in [0, 0.05) is 18.7 Å². The number of nitriles is 1. The number of anilines is 1. The zero-order valence-electron chi connectivity index (χ0n) is 18.6. The van der Waals surface area contributed by atoms with Gasteiger partial charge in [-0.1, -0.05) is 25.2 Å². The van der Waals surface area contributed by atoms with Gasteiger partial charge in [-0.3, -0.25) is 9.69 Å². The zero-order chi connectivity index (χ0) is 22.4. The molecule has 0 aliphatic rings. The number of carbonyl (C=O) groups excluding carboxylic acids is 1. The summed E-state index contributed by atoms with van der Waals surface area (Å²) in [6.45, 7) is 7.21. The third kappa shape index (κ3) is 5.30. The molecule has 0 radical (unpaired) electrons. The van der Waals surface area contributed by atoms with Gasteiger partial charge in [0.15, 0.2) is 5.13 Å². The van der Waals surface area contributed by atoms with Crippen molar-refractivity contribution in [2.75, 3.05) is 45.3 Å². The van der Waals surface area contributed by atoms with Gasteiger partial charge in [0.05, 0.1) is 25.9 Å². The summed E-state index contributed by atoms with van der Waals surface area (Å²) < 4.78 is 11.8. The Kier molecular flexibility index (Phi) is 9.27. The van der Waals surface area contributed by atoms with Crippen LogP contribution in [-0.2, 0) is 0 Å². The van der Waals surface area contributed by atoms with Gasteiger partial charge in [0.25, 0.3) is 5.91 Å². The number of aromatic nitrogens is 1. The van der Waals surface area contributed by atoms with E-state index in [0.717, 1.165) is 24.3 Å². The highest BCUT2D eigenvalue weighted by Gasteiger charge is 2.24. The highest BCUT2D eigenvalue weighted by molar-refractivity contribution is 7.22. The smallest absolute Gasteiger partial charge is 0.260 e. The highest BCUT2D eigenvalue weighted by atomic mass is 35.5. The summed E-state index contributed by atoms with van der Waals surface area (Å²) in [7, 11) is 3.21. The molecule has 32 heavy (non-hydrogen) atoms. The van der Waals surface area contributed by atoms with Crippen LogP contribution in [0, 0.1) is 11.3 Å². The van der Waals surface area contributed by atoms with Crippen LogP contribution in [0.15, 0.2) is 36.4 Å². The van der Waals surface area contributed by atoms with E-state index < -0.39 is 0 Å². The van der Waals surface area contributed by atoms with Crippen LogP contribution in [-0.4, -0.2) is 56.2 Å². The minimum absolute atomic E-state index is 0. The Bertz CT molecular complexity index is 1050. The average Bonchev–Trinajstić information content (AvgIpc) is 3.26. The van der Waals surface area contributed by atoms with Crippen LogP contribution in [0.3, 0.4) is 0 Å². The number of rotatable bonds is 9. The second-order valence-electron chi connectivity index (χ2n) is 6.82. The van der Waals surface area contributed by atoms with Crippen molar-refractivity contribution in [3.63, 3.8) is 0 Å². The molecule has 0 bridgehead atoms. The van der Waals surface area contributed by atoms with E-state index in [2.05, 4.69) is 24.8 Å². The molecule has 0 aliphatic carbocycles. The molecule has 0 atom stereocenters. The number of ether oxygens (including phenoxy) is 2. The van der Waals surface area contributed by atoms with Gasteiger partial charge in [-0.15, -0.1) is 12.4 Å². The largest absolute Gasteiger partial charge is 0.495 e. The highest BCUT2D eigenvalue weighted by Crippen LogP contribution is 2.40. The number of halogens is 1. The maximum Gasteiger partial charge on any atom is 0.260 e. The topological polar surface area (TPSA) is 78.7 Å². The molecule has 0 N–H and O–H groups in total. The lowest BCUT2D eigenvalue weighted by atomic mass is 10.1. The van der Waals surface area contributed by atoms with Crippen molar-refractivity contribution in [2.45, 2.75) is 13.8 Å². The van der Waals surface area contributed by atoms with E-state index in [9.17, 15) is 4.79 Å². The van der Waals surface area contributed by atoms with Gasteiger partial charge in [-0.05, 0) is 49.5 Å². The first-order valence-electron chi connectivity index (χ1n) is 10.1. The Labute approximate surface area is 198 Å². The molecule has 0 saturated carbocycles. The first-order valence-corrected chi connectivity index (χ1v) is 10.9. The van der Waals surface area contributed by atoms with Gasteiger partial charge < -0.3 is 14.4 Å². The number of methoxy groups -OCH3 is 2. The van der Waals surface area contributed by atoms with Crippen molar-refractivity contribution in [3.05, 3.63) is 47.5 Å². The molecule has 1 aromatic heterocycles. The second-order valence-corrected chi connectivity index (χ2v) is 7.79. The fourth-order valence-electron chi connectivity index (χ4n) is 3.30. The van der Waals surface area contributed by atoms with E-state index in [1.807, 2.05) is 12.1 Å². The minimum Gasteiger partial charge on any atom is -0.495 e. The van der Waals surface area contributed by atoms with Crippen molar-refractivity contribution < 1.29 is 14.3 Å². The summed E-state index contributed by atoms with van der Waals surface area (Å²) in [5, 5.41) is 9.63. The van der Waals surface area contributed by atoms with Crippen molar-refractivity contribution >= 4 is 45.0 Å². The number of thiazole rings is 1. The Hall–Kier alpha value is -2.86. The summed E-state index contributed by atoms with van der Waals surface area (Å²) in [5.74, 6) is 1.16. The normalized spacial score (nSPS) is 10.5. The molecule has 0 unspecified atom stereocenters. The quantitative estimate of drug-likeness (QED) is 0.451. The van der Waals surface area contributed by atoms with Gasteiger partial charge in [0.2, 0.25) is 0 Å². The van der Waals surface area contributed by atoms with Crippen LogP contribution < -0.4 is 14.4 Å². The summed E-state index contributed by atoms with van der Waals surface area (Å²) in [4.78, 5) is 22.2. The van der Waals surface area contributed by atoms with Gasteiger partial charge in [-0.2, -0.15) is 5.26 Å². The zero-order valence-corrected chi connectivity index (χ0v) is 20.3. The Morgan fingerprint density at radius 2 is 1.66 bits per heavy atom. The lowest BCUT2D eigenvalue weighted by Crippen LogP contribution is -2.38. The molecule has 0 aliphatic heterocycles. The predicted molar refractivity (Wildman–Crippen MR) is 131 cm³/mol. The molecule has 2 aromatic carbocycles. The van der Waals surface area contributed by atoms with Crippen LogP contribution in [0.2, 0.25) is 0 Å². The molecule has 0 spiro atoms. The van der Waals surface area contributed by atoms with Gasteiger partial charge in [0.1, 0.15) is 21.7 Å². The number of carbonyl (C=O) groups is 1. The molecular weight excluding hydrogens is 448 g/mol. The van der Waals surface area contributed by atoms with Gasteiger partial charge >= 0.3 is 0 Å². The molecule has 0 saturated heterocycles. The first kappa shape index (κ1) is 25.4. The Balaban J connectivity index is 0.00000363. The van der Waals surface area contributed by atoms with E-state index >= 15 is 0 Å². The molecule has 9 heteroatoms. The summed E-state index contributed by atoms with van der Waals surface area (Å²) >= 11 is 1.40. The molecule has 3 aromatic rings. The van der Waals surface area contributed by atoms with E-state index in [4.69, 9.17) is 19.7 Å². The van der Waals surface area contributed by atoms with Crippen LogP contribution in [0.1, 0.15) is 29.8 Å². The molecule has 170 valence electrons.